The zero-order chi connectivity index (χ0) is 31.5. The minimum Gasteiger partial charge on any atom is -0.350 e. The molecule has 11 nitrogen and oxygen atoms in total. The summed E-state index contributed by atoms with van der Waals surface area (Å²) >= 11 is 3.37. The van der Waals surface area contributed by atoms with Crippen molar-refractivity contribution in [3.63, 3.8) is 0 Å². The molecule has 0 unspecified atom stereocenters. The number of amides is 3. The lowest BCUT2D eigenvalue weighted by atomic mass is 9.85. The van der Waals surface area contributed by atoms with Gasteiger partial charge in [0.2, 0.25) is 11.8 Å². The first-order chi connectivity index (χ1) is 21.6. The Bertz CT molecular complexity index is 1840. The van der Waals surface area contributed by atoms with Crippen molar-refractivity contribution < 1.29 is 14.4 Å². The number of halogens is 1. The smallest absolute Gasteiger partial charge is 0.272 e. The van der Waals surface area contributed by atoms with Gasteiger partial charge in [0.1, 0.15) is 28.8 Å². The van der Waals surface area contributed by atoms with Crippen molar-refractivity contribution in [3.8, 4) is 11.1 Å². The summed E-state index contributed by atoms with van der Waals surface area (Å²) in [6, 6.07) is 8.77. The molecule has 0 radical (unpaired) electrons. The first-order valence-electron chi connectivity index (χ1n) is 15.4. The maximum atomic E-state index is 14.0. The van der Waals surface area contributed by atoms with Gasteiger partial charge >= 0.3 is 0 Å². The van der Waals surface area contributed by atoms with Crippen LogP contribution in [-0.4, -0.2) is 66.0 Å². The Morgan fingerprint density at radius 3 is 2.56 bits per heavy atom. The maximum Gasteiger partial charge on any atom is 0.272 e. The van der Waals surface area contributed by atoms with E-state index in [4.69, 9.17) is 5.10 Å². The highest BCUT2D eigenvalue weighted by atomic mass is 79.9. The highest BCUT2D eigenvalue weighted by Crippen LogP contribution is 2.59. The number of aryl methyl sites for hydroxylation is 2. The lowest BCUT2D eigenvalue weighted by molar-refractivity contribution is -0.138. The molecule has 3 fully saturated rings. The van der Waals surface area contributed by atoms with Gasteiger partial charge in [0.15, 0.2) is 5.69 Å². The number of nitrogens with zero attached hydrogens (tertiary/aromatic N) is 6. The standard InChI is InChI=1S/C33H35BrN8O3/c1-18-7-10-27(34)38-30(18)39-31(44)25-12-33(3)13-26(33)42(25)28(43)17-41-24-9-8-21(22-15-35-19(2)36-16-22)11-23(24)29(40-41)32(45)37-14-20-5-4-6-20/h7-11,15-16,20,25-26H,4-6,12-14,17H2,1-3H3,(H,37,45)(H,38,39,44)/t25-,26+,33-/m0/s1. The third-order valence-electron chi connectivity index (χ3n) is 9.67. The summed E-state index contributed by atoms with van der Waals surface area (Å²) in [5.41, 5.74) is 3.35. The molecule has 3 aromatic heterocycles. The number of hydrogen-bond donors (Lipinski definition) is 2. The molecule has 4 heterocycles. The summed E-state index contributed by atoms with van der Waals surface area (Å²) in [6.07, 6.45) is 8.37. The molecular formula is C33H35BrN8O3. The topological polar surface area (TPSA) is 135 Å². The molecule has 1 aromatic carbocycles. The summed E-state index contributed by atoms with van der Waals surface area (Å²) in [4.78, 5) is 55.8. The van der Waals surface area contributed by atoms with Gasteiger partial charge in [-0.3, -0.25) is 19.1 Å². The van der Waals surface area contributed by atoms with Gasteiger partial charge in [-0.25, -0.2) is 15.0 Å². The van der Waals surface area contributed by atoms with Gasteiger partial charge in [0.05, 0.1) is 5.52 Å². The number of nitrogens with one attached hydrogen (secondary N) is 2. The summed E-state index contributed by atoms with van der Waals surface area (Å²) in [7, 11) is 0. The third kappa shape index (κ3) is 5.60. The van der Waals surface area contributed by atoms with Crippen LogP contribution >= 0.6 is 15.9 Å². The normalized spacial score (nSPS) is 22.2. The molecule has 1 saturated heterocycles. The van der Waals surface area contributed by atoms with E-state index in [9.17, 15) is 14.4 Å². The Morgan fingerprint density at radius 2 is 1.82 bits per heavy atom. The van der Waals surface area contributed by atoms with Gasteiger partial charge in [-0.15, -0.1) is 0 Å². The Hall–Kier alpha value is -4.19. The summed E-state index contributed by atoms with van der Waals surface area (Å²) < 4.78 is 2.21. The van der Waals surface area contributed by atoms with Crippen molar-refractivity contribution in [1.82, 2.24) is 34.9 Å². The van der Waals surface area contributed by atoms with E-state index in [0.29, 0.717) is 46.0 Å². The van der Waals surface area contributed by atoms with E-state index in [1.54, 1.807) is 22.0 Å². The molecule has 3 aliphatic rings. The van der Waals surface area contributed by atoms with E-state index in [2.05, 4.69) is 48.4 Å². The van der Waals surface area contributed by atoms with Crippen molar-refractivity contribution >= 4 is 50.4 Å². The minimum atomic E-state index is -0.623. The van der Waals surface area contributed by atoms with Crippen LogP contribution in [0.3, 0.4) is 0 Å². The molecule has 0 spiro atoms. The van der Waals surface area contributed by atoms with Crippen molar-refractivity contribution in [2.45, 2.75) is 71.5 Å². The van der Waals surface area contributed by atoms with Gasteiger partial charge in [0, 0.05) is 35.9 Å². The van der Waals surface area contributed by atoms with E-state index in [0.717, 1.165) is 36.0 Å². The van der Waals surface area contributed by atoms with Gasteiger partial charge in [-0.2, -0.15) is 5.10 Å². The molecule has 2 saturated carbocycles. The van der Waals surface area contributed by atoms with Crippen LogP contribution < -0.4 is 10.6 Å². The summed E-state index contributed by atoms with van der Waals surface area (Å²) in [5, 5.41) is 11.3. The number of carbonyl (C=O) groups excluding carboxylic acids is 3. The summed E-state index contributed by atoms with van der Waals surface area (Å²) in [6.45, 7) is 6.35. The number of hydrogen-bond acceptors (Lipinski definition) is 7. The lowest BCUT2D eigenvalue weighted by Gasteiger charge is -2.27. The first kappa shape index (κ1) is 29.5. The molecular weight excluding hydrogens is 636 g/mol. The Morgan fingerprint density at radius 1 is 1.04 bits per heavy atom. The number of likely N-dealkylation sites (tertiary alicyclic amines) is 1. The van der Waals surface area contributed by atoms with Crippen LogP contribution in [0.5, 0.6) is 0 Å². The maximum absolute atomic E-state index is 14.0. The number of pyridine rings is 1. The number of rotatable bonds is 8. The number of benzene rings is 1. The highest BCUT2D eigenvalue weighted by molar-refractivity contribution is 9.10. The van der Waals surface area contributed by atoms with Crippen molar-refractivity contribution in [2.75, 3.05) is 11.9 Å². The van der Waals surface area contributed by atoms with Crippen LogP contribution in [0.1, 0.15) is 60.9 Å². The highest BCUT2D eigenvalue weighted by Gasteiger charge is 2.64. The monoisotopic (exact) mass is 670 g/mol. The molecule has 2 N–H and O–H groups in total. The molecule has 3 atom stereocenters. The van der Waals surface area contributed by atoms with Crippen LogP contribution in [0.25, 0.3) is 22.0 Å². The van der Waals surface area contributed by atoms with Gasteiger partial charge in [-0.05, 0) is 96.1 Å². The fraction of sp³-hybridized carbons (Fsp3) is 0.424. The molecule has 7 rings (SSSR count). The predicted octanol–water partition coefficient (Wildman–Crippen LogP) is 4.82. The van der Waals surface area contributed by atoms with Crippen molar-refractivity contribution in [2.24, 2.45) is 11.3 Å². The predicted molar refractivity (Wildman–Crippen MR) is 172 cm³/mol. The van der Waals surface area contributed by atoms with E-state index < -0.39 is 6.04 Å². The van der Waals surface area contributed by atoms with Crippen LogP contribution in [0.2, 0.25) is 0 Å². The lowest BCUT2D eigenvalue weighted by Crippen LogP contribution is -2.47. The summed E-state index contributed by atoms with van der Waals surface area (Å²) in [5.74, 6) is 0.912. The van der Waals surface area contributed by atoms with Crippen LogP contribution in [0.4, 0.5) is 5.82 Å². The minimum absolute atomic E-state index is 0.0162. The second-order valence-corrected chi connectivity index (χ2v) is 13.8. The quantitative estimate of drug-likeness (QED) is 0.257. The molecule has 4 aromatic rings. The number of piperidine rings is 1. The number of fused-ring (bicyclic) bond motifs is 2. The zero-order valence-electron chi connectivity index (χ0n) is 25.5. The van der Waals surface area contributed by atoms with E-state index in [-0.39, 0.29) is 41.4 Å². The van der Waals surface area contributed by atoms with Crippen molar-refractivity contribution in [1.29, 1.82) is 0 Å². The molecule has 3 amide bonds. The Kier molecular flexibility index (Phi) is 7.42. The number of anilines is 1. The Labute approximate surface area is 269 Å². The van der Waals surface area contributed by atoms with E-state index in [1.807, 2.05) is 44.2 Å². The van der Waals surface area contributed by atoms with Crippen LogP contribution in [-0.2, 0) is 16.1 Å². The third-order valence-corrected chi connectivity index (χ3v) is 10.1. The molecule has 45 heavy (non-hydrogen) atoms. The second-order valence-electron chi connectivity index (χ2n) is 12.9. The van der Waals surface area contributed by atoms with Gasteiger partial charge in [0.25, 0.3) is 5.91 Å². The van der Waals surface area contributed by atoms with Crippen molar-refractivity contribution in [3.05, 3.63) is 64.4 Å². The molecule has 12 heteroatoms. The average Bonchev–Trinajstić information content (AvgIpc) is 3.36. The van der Waals surface area contributed by atoms with E-state index in [1.165, 1.54) is 6.42 Å². The Balaban J connectivity index is 1.18. The van der Waals surface area contributed by atoms with Gasteiger partial charge < -0.3 is 15.5 Å². The average molecular weight is 672 g/mol. The fourth-order valence-corrected chi connectivity index (χ4v) is 6.92. The largest absolute Gasteiger partial charge is 0.350 e. The fourth-order valence-electron chi connectivity index (χ4n) is 6.61. The SMILES string of the molecule is Cc1ncc(-c2ccc3c(c2)c(C(=O)NCC2CCC2)nn3CC(=O)N2[C@H](C(=O)Nc3nc(Br)ccc3C)C[C@@]3(C)C[C@@H]23)cn1. The number of aromatic nitrogens is 5. The molecule has 232 valence electrons. The second kappa shape index (κ2) is 11.3. The molecule has 2 aliphatic carbocycles. The first-order valence-corrected chi connectivity index (χ1v) is 16.2. The zero-order valence-corrected chi connectivity index (χ0v) is 27.1. The van der Waals surface area contributed by atoms with Gasteiger partial charge in [-0.1, -0.05) is 25.5 Å². The van der Waals surface area contributed by atoms with E-state index >= 15 is 0 Å². The molecule has 0 bridgehead atoms. The molecule has 1 aliphatic heterocycles. The van der Waals surface area contributed by atoms with Crippen LogP contribution in [0, 0.1) is 25.2 Å². The number of carbonyl (C=O) groups is 3. The van der Waals surface area contributed by atoms with Crippen LogP contribution in [0.15, 0.2) is 47.3 Å².